The van der Waals surface area contributed by atoms with Crippen LogP contribution in [0.3, 0.4) is 0 Å². The third-order valence-corrected chi connectivity index (χ3v) is 7.36. The number of para-hydroxylation sites is 2. The summed E-state index contributed by atoms with van der Waals surface area (Å²) in [6.07, 6.45) is 5.30. The van der Waals surface area contributed by atoms with Crippen molar-refractivity contribution in [1.82, 2.24) is 19.6 Å². The number of benzene rings is 1. The van der Waals surface area contributed by atoms with E-state index in [4.69, 9.17) is 4.74 Å². The third-order valence-electron chi connectivity index (χ3n) is 7.36. The number of anilines is 1. The van der Waals surface area contributed by atoms with Crippen molar-refractivity contribution in [1.29, 1.82) is 0 Å². The molecule has 172 valence electrons. The SMILES string of the molecule is CCOc1ccccc1N1CCN(C2CCc3c(c(C(=O)N4CCCC4)nn3C)C2)CC1. The number of aromatic nitrogens is 2. The molecule has 2 saturated heterocycles. The van der Waals surface area contributed by atoms with Crippen LogP contribution in [0, 0.1) is 0 Å². The van der Waals surface area contributed by atoms with Crippen molar-refractivity contribution in [2.24, 2.45) is 7.05 Å². The largest absolute Gasteiger partial charge is 0.492 e. The molecule has 0 saturated carbocycles. The Morgan fingerprint density at radius 2 is 1.84 bits per heavy atom. The maximum atomic E-state index is 13.1. The van der Waals surface area contributed by atoms with Gasteiger partial charge in [0.25, 0.3) is 5.91 Å². The van der Waals surface area contributed by atoms with Crippen LogP contribution in [0.15, 0.2) is 24.3 Å². The van der Waals surface area contributed by atoms with Crippen LogP contribution in [-0.2, 0) is 19.9 Å². The fourth-order valence-electron chi connectivity index (χ4n) is 5.65. The van der Waals surface area contributed by atoms with Crippen LogP contribution >= 0.6 is 0 Å². The highest BCUT2D eigenvalue weighted by Crippen LogP contribution is 2.32. The first-order valence-corrected chi connectivity index (χ1v) is 12.2. The summed E-state index contributed by atoms with van der Waals surface area (Å²) in [6, 6.07) is 8.85. The van der Waals surface area contributed by atoms with Crippen LogP contribution in [0.4, 0.5) is 5.69 Å². The molecule has 3 heterocycles. The van der Waals surface area contributed by atoms with E-state index in [0.717, 1.165) is 77.1 Å². The lowest BCUT2D eigenvalue weighted by Crippen LogP contribution is -2.52. The molecule has 32 heavy (non-hydrogen) atoms. The lowest BCUT2D eigenvalue weighted by molar-refractivity contribution is 0.0784. The van der Waals surface area contributed by atoms with Crippen LogP contribution in [0.1, 0.15) is 47.9 Å². The number of carbonyl (C=O) groups is 1. The first kappa shape index (κ1) is 21.3. The quantitative estimate of drug-likeness (QED) is 0.720. The molecule has 3 aliphatic rings. The molecule has 1 unspecified atom stereocenters. The van der Waals surface area contributed by atoms with Gasteiger partial charge in [0, 0.05) is 63.6 Å². The van der Waals surface area contributed by atoms with Gasteiger partial charge in [-0.25, -0.2) is 0 Å². The summed E-state index contributed by atoms with van der Waals surface area (Å²) in [7, 11) is 1.99. The molecule has 1 aromatic heterocycles. The van der Waals surface area contributed by atoms with Crippen molar-refractivity contribution in [2.45, 2.75) is 45.1 Å². The van der Waals surface area contributed by atoms with Crippen molar-refractivity contribution in [3.8, 4) is 5.75 Å². The number of amides is 1. The summed E-state index contributed by atoms with van der Waals surface area (Å²) in [5.74, 6) is 1.11. The minimum atomic E-state index is 0.136. The Morgan fingerprint density at radius 1 is 1.09 bits per heavy atom. The van der Waals surface area contributed by atoms with E-state index in [-0.39, 0.29) is 5.91 Å². The number of piperazine rings is 1. The topological polar surface area (TPSA) is 53.8 Å². The minimum Gasteiger partial charge on any atom is -0.492 e. The molecule has 0 bridgehead atoms. The summed E-state index contributed by atoms with van der Waals surface area (Å²) in [4.78, 5) is 20.2. The number of likely N-dealkylation sites (tertiary alicyclic amines) is 1. The van der Waals surface area contributed by atoms with Gasteiger partial charge in [-0.2, -0.15) is 5.10 Å². The van der Waals surface area contributed by atoms with Crippen molar-refractivity contribution in [3.63, 3.8) is 0 Å². The summed E-state index contributed by atoms with van der Waals surface area (Å²) in [5.41, 5.74) is 4.36. The van der Waals surface area contributed by atoms with E-state index in [1.807, 2.05) is 29.6 Å². The third kappa shape index (κ3) is 3.98. The second-order valence-corrected chi connectivity index (χ2v) is 9.22. The first-order chi connectivity index (χ1) is 15.7. The molecule has 2 fully saturated rings. The Kier molecular flexibility index (Phi) is 6.09. The first-order valence-electron chi connectivity index (χ1n) is 12.2. The Hall–Kier alpha value is -2.54. The monoisotopic (exact) mass is 437 g/mol. The number of aryl methyl sites for hydroxylation is 1. The number of rotatable bonds is 5. The second kappa shape index (κ2) is 9.14. The lowest BCUT2D eigenvalue weighted by Gasteiger charge is -2.41. The van der Waals surface area contributed by atoms with Crippen molar-refractivity contribution >= 4 is 11.6 Å². The molecule has 0 N–H and O–H groups in total. The second-order valence-electron chi connectivity index (χ2n) is 9.22. The van der Waals surface area contributed by atoms with E-state index in [1.54, 1.807) is 0 Å². The van der Waals surface area contributed by atoms with Gasteiger partial charge in [-0.3, -0.25) is 14.4 Å². The molecule has 5 rings (SSSR count). The van der Waals surface area contributed by atoms with Gasteiger partial charge in [0.2, 0.25) is 0 Å². The molecule has 1 atom stereocenters. The summed E-state index contributed by atoms with van der Waals surface area (Å²) < 4.78 is 7.81. The van der Waals surface area contributed by atoms with E-state index >= 15 is 0 Å². The van der Waals surface area contributed by atoms with Crippen LogP contribution in [0.25, 0.3) is 0 Å². The maximum absolute atomic E-state index is 13.1. The van der Waals surface area contributed by atoms with E-state index in [2.05, 4.69) is 33.1 Å². The Bertz CT molecular complexity index is 957. The zero-order valence-corrected chi connectivity index (χ0v) is 19.4. The van der Waals surface area contributed by atoms with Crippen LogP contribution in [0.5, 0.6) is 5.75 Å². The van der Waals surface area contributed by atoms with Crippen LogP contribution in [-0.4, -0.2) is 77.4 Å². The molecular weight excluding hydrogens is 402 g/mol. The zero-order chi connectivity index (χ0) is 22.1. The van der Waals surface area contributed by atoms with Gasteiger partial charge < -0.3 is 14.5 Å². The van der Waals surface area contributed by atoms with Gasteiger partial charge in [-0.05, 0) is 51.2 Å². The maximum Gasteiger partial charge on any atom is 0.274 e. The highest BCUT2D eigenvalue weighted by atomic mass is 16.5. The highest BCUT2D eigenvalue weighted by molar-refractivity contribution is 5.94. The van der Waals surface area contributed by atoms with Crippen LogP contribution < -0.4 is 9.64 Å². The van der Waals surface area contributed by atoms with E-state index in [0.29, 0.717) is 18.3 Å². The Labute approximate surface area is 190 Å². The number of nitrogens with zero attached hydrogens (tertiary/aromatic N) is 5. The molecule has 1 aliphatic carbocycles. The Morgan fingerprint density at radius 3 is 2.59 bits per heavy atom. The average Bonchev–Trinajstić information content (AvgIpc) is 3.48. The standard InChI is InChI=1S/C25H35N5O2/c1-3-32-23-9-5-4-8-22(23)29-16-14-28(15-17-29)19-10-11-21-20(18-19)24(26-27(21)2)25(31)30-12-6-7-13-30/h4-5,8-9,19H,3,6-7,10-18H2,1-2H3. The summed E-state index contributed by atoms with van der Waals surface area (Å²) >= 11 is 0. The number of fused-ring (bicyclic) bond motifs is 1. The average molecular weight is 438 g/mol. The lowest BCUT2D eigenvalue weighted by atomic mass is 9.89. The van der Waals surface area contributed by atoms with Crippen molar-refractivity contribution in [3.05, 3.63) is 41.2 Å². The summed E-state index contributed by atoms with van der Waals surface area (Å²) in [5, 5.41) is 4.68. The molecule has 2 aromatic rings. The molecule has 1 amide bonds. The van der Waals surface area contributed by atoms with Gasteiger partial charge in [-0.1, -0.05) is 12.1 Å². The molecule has 1 aromatic carbocycles. The van der Waals surface area contributed by atoms with E-state index < -0.39 is 0 Å². The fraction of sp³-hybridized carbons (Fsp3) is 0.600. The molecule has 0 spiro atoms. The fourth-order valence-corrected chi connectivity index (χ4v) is 5.65. The highest BCUT2D eigenvalue weighted by Gasteiger charge is 2.34. The molecule has 0 radical (unpaired) electrons. The summed E-state index contributed by atoms with van der Waals surface area (Å²) in [6.45, 7) is 8.54. The number of hydrogen-bond donors (Lipinski definition) is 0. The molecule has 7 heteroatoms. The smallest absolute Gasteiger partial charge is 0.274 e. The molecule has 7 nitrogen and oxygen atoms in total. The predicted octanol–water partition coefficient (Wildman–Crippen LogP) is 2.73. The molecule has 2 aliphatic heterocycles. The van der Waals surface area contributed by atoms with Crippen molar-refractivity contribution in [2.75, 3.05) is 50.8 Å². The number of hydrogen-bond acceptors (Lipinski definition) is 5. The number of ether oxygens (including phenoxy) is 1. The van der Waals surface area contributed by atoms with E-state index in [1.165, 1.54) is 16.9 Å². The van der Waals surface area contributed by atoms with Gasteiger partial charge in [0.05, 0.1) is 12.3 Å². The predicted molar refractivity (Wildman–Crippen MR) is 126 cm³/mol. The Balaban J connectivity index is 1.27. The normalized spacial score (nSPS) is 21.6. The van der Waals surface area contributed by atoms with Crippen molar-refractivity contribution < 1.29 is 9.53 Å². The van der Waals surface area contributed by atoms with Gasteiger partial charge >= 0.3 is 0 Å². The number of carbonyl (C=O) groups excluding carboxylic acids is 1. The minimum absolute atomic E-state index is 0.136. The van der Waals surface area contributed by atoms with Gasteiger partial charge in [0.1, 0.15) is 5.75 Å². The van der Waals surface area contributed by atoms with Gasteiger partial charge in [0.15, 0.2) is 5.69 Å². The molecular formula is C25H35N5O2. The van der Waals surface area contributed by atoms with E-state index in [9.17, 15) is 4.79 Å². The van der Waals surface area contributed by atoms with Crippen LogP contribution in [0.2, 0.25) is 0 Å². The zero-order valence-electron chi connectivity index (χ0n) is 19.4. The van der Waals surface area contributed by atoms with Gasteiger partial charge in [-0.15, -0.1) is 0 Å².